The van der Waals surface area contributed by atoms with Crippen LogP contribution < -0.4 is 5.32 Å². The summed E-state index contributed by atoms with van der Waals surface area (Å²) in [6.07, 6.45) is 4.19. The van der Waals surface area contributed by atoms with Crippen molar-refractivity contribution in [2.45, 2.75) is 32.2 Å². The first-order valence-corrected chi connectivity index (χ1v) is 7.09. The van der Waals surface area contributed by atoms with Crippen LogP contribution in [0.1, 0.15) is 37.2 Å². The molecule has 0 bridgehead atoms. The highest BCUT2D eigenvalue weighted by Gasteiger charge is 2.28. The fourth-order valence-corrected chi connectivity index (χ4v) is 2.72. The van der Waals surface area contributed by atoms with E-state index in [1.54, 1.807) is 29.9 Å². The third kappa shape index (κ3) is 3.48. The van der Waals surface area contributed by atoms with Crippen molar-refractivity contribution in [3.05, 3.63) is 24.0 Å². The summed E-state index contributed by atoms with van der Waals surface area (Å²) < 4.78 is 1.66. The lowest BCUT2D eigenvalue weighted by Crippen LogP contribution is -2.52. The highest BCUT2D eigenvalue weighted by Crippen LogP contribution is 2.13. The minimum atomic E-state index is -0.531. The molecule has 1 aliphatic rings. The second-order valence-corrected chi connectivity index (χ2v) is 6.15. The number of aromatic nitrogens is 1. The van der Waals surface area contributed by atoms with Gasteiger partial charge in [-0.15, -0.1) is 0 Å². The van der Waals surface area contributed by atoms with Gasteiger partial charge in [0.15, 0.2) is 0 Å². The average Bonchev–Trinajstić information content (AvgIpc) is 2.98. The largest absolute Gasteiger partial charge is 0.348 e. The normalized spacial score (nSPS) is 16.4. The summed E-state index contributed by atoms with van der Waals surface area (Å²) >= 11 is 0. The average molecular weight is 277 g/mol. The maximum Gasteiger partial charge on any atom is 0.294 e. The van der Waals surface area contributed by atoms with Crippen molar-refractivity contribution in [2.24, 2.45) is 7.05 Å². The van der Waals surface area contributed by atoms with Gasteiger partial charge in [-0.2, -0.15) is 0 Å². The number of Topliss-reactive ketones (excluding diaryl/α,β-unsaturated/α-hetero) is 1. The molecule has 0 radical (unpaired) electrons. The molecule has 1 amide bonds. The Morgan fingerprint density at radius 3 is 2.50 bits per heavy atom. The topological polar surface area (TPSA) is 54.3 Å². The number of hydrogen-bond acceptors (Lipinski definition) is 3. The second kappa shape index (κ2) is 5.79. The van der Waals surface area contributed by atoms with E-state index in [2.05, 4.69) is 10.2 Å². The maximum atomic E-state index is 12.1. The van der Waals surface area contributed by atoms with Gasteiger partial charge in [0.1, 0.15) is 0 Å². The number of nitrogens with one attached hydrogen (secondary N) is 1. The first-order valence-electron chi connectivity index (χ1n) is 7.09. The Bertz CT molecular complexity index is 499. The van der Waals surface area contributed by atoms with Gasteiger partial charge in [0.25, 0.3) is 11.7 Å². The Morgan fingerprint density at radius 2 is 1.95 bits per heavy atom. The van der Waals surface area contributed by atoms with Crippen LogP contribution in [0.2, 0.25) is 0 Å². The number of rotatable bonds is 5. The molecule has 2 rings (SSSR count). The van der Waals surface area contributed by atoms with E-state index in [-0.39, 0.29) is 0 Å². The molecule has 1 fully saturated rings. The predicted molar refractivity (Wildman–Crippen MR) is 77.6 cm³/mol. The van der Waals surface area contributed by atoms with Gasteiger partial charge < -0.3 is 14.8 Å². The van der Waals surface area contributed by atoms with E-state index < -0.39 is 17.2 Å². The van der Waals surface area contributed by atoms with E-state index in [0.29, 0.717) is 5.69 Å². The Balaban J connectivity index is 1.95. The van der Waals surface area contributed by atoms with E-state index in [9.17, 15) is 9.59 Å². The van der Waals surface area contributed by atoms with Gasteiger partial charge in [0.05, 0.1) is 5.69 Å². The molecule has 5 nitrogen and oxygen atoms in total. The molecule has 110 valence electrons. The van der Waals surface area contributed by atoms with Crippen LogP contribution in [-0.4, -0.2) is 46.3 Å². The highest BCUT2D eigenvalue weighted by atomic mass is 16.2. The summed E-state index contributed by atoms with van der Waals surface area (Å²) in [5.41, 5.74) is 0.0156. The summed E-state index contributed by atoms with van der Waals surface area (Å²) in [6.45, 7) is 6.85. The summed E-state index contributed by atoms with van der Waals surface area (Å²) in [7, 11) is 1.76. The van der Waals surface area contributed by atoms with Crippen molar-refractivity contribution in [2.75, 3.05) is 19.6 Å². The Kier molecular flexibility index (Phi) is 4.28. The van der Waals surface area contributed by atoms with Crippen molar-refractivity contribution in [3.63, 3.8) is 0 Å². The van der Waals surface area contributed by atoms with Crippen molar-refractivity contribution >= 4 is 11.7 Å². The minimum absolute atomic E-state index is 0.401. The number of likely N-dealkylation sites (tertiary alicyclic amines) is 1. The molecular weight excluding hydrogens is 254 g/mol. The Morgan fingerprint density at radius 1 is 1.30 bits per heavy atom. The summed E-state index contributed by atoms with van der Waals surface area (Å²) in [5.74, 6) is -1.01. The lowest BCUT2D eigenvalue weighted by Gasteiger charge is -2.30. The number of carbonyl (C=O) groups excluding carboxylic acids is 2. The van der Waals surface area contributed by atoms with Gasteiger partial charge in [-0.25, -0.2) is 0 Å². The number of carbonyl (C=O) groups is 2. The number of hydrogen-bond donors (Lipinski definition) is 1. The Labute approximate surface area is 119 Å². The first kappa shape index (κ1) is 14.8. The van der Waals surface area contributed by atoms with Crippen molar-refractivity contribution in [3.8, 4) is 0 Å². The van der Waals surface area contributed by atoms with Crippen LogP contribution in [0.4, 0.5) is 0 Å². The van der Waals surface area contributed by atoms with Crippen LogP contribution in [0.15, 0.2) is 18.3 Å². The predicted octanol–water partition coefficient (Wildman–Crippen LogP) is 1.20. The van der Waals surface area contributed by atoms with E-state index in [1.807, 2.05) is 13.8 Å². The van der Waals surface area contributed by atoms with Crippen LogP contribution in [-0.2, 0) is 11.8 Å². The van der Waals surface area contributed by atoms with Gasteiger partial charge >= 0.3 is 0 Å². The van der Waals surface area contributed by atoms with Crippen LogP contribution in [0.5, 0.6) is 0 Å². The molecule has 20 heavy (non-hydrogen) atoms. The lowest BCUT2D eigenvalue weighted by molar-refractivity contribution is -0.118. The van der Waals surface area contributed by atoms with E-state index in [1.165, 1.54) is 12.8 Å². The van der Waals surface area contributed by atoms with Gasteiger partial charge in [-0.05, 0) is 51.9 Å². The first-order chi connectivity index (χ1) is 9.39. The van der Waals surface area contributed by atoms with Crippen molar-refractivity contribution < 1.29 is 9.59 Å². The van der Waals surface area contributed by atoms with Crippen LogP contribution in [0, 0.1) is 0 Å². The second-order valence-electron chi connectivity index (χ2n) is 6.15. The molecule has 1 aliphatic heterocycles. The van der Waals surface area contributed by atoms with Gasteiger partial charge in [0.2, 0.25) is 0 Å². The fourth-order valence-electron chi connectivity index (χ4n) is 2.72. The molecule has 2 heterocycles. The zero-order valence-corrected chi connectivity index (χ0v) is 12.5. The molecule has 1 saturated heterocycles. The summed E-state index contributed by atoms with van der Waals surface area (Å²) in [6, 6.07) is 3.42. The smallest absolute Gasteiger partial charge is 0.294 e. The van der Waals surface area contributed by atoms with Crippen LogP contribution in [0.3, 0.4) is 0 Å². The zero-order valence-electron chi connectivity index (χ0n) is 12.5. The molecule has 0 aromatic carbocycles. The minimum Gasteiger partial charge on any atom is -0.348 e. The zero-order chi connectivity index (χ0) is 14.8. The van der Waals surface area contributed by atoms with E-state index in [4.69, 9.17) is 0 Å². The van der Waals surface area contributed by atoms with Gasteiger partial charge in [-0.1, -0.05) is 0 Å². The highest BCUT2D eigenvalue weighted by molar-refractivity contribution is 6.42. The standard InChI is InChI=1S/C15H23N3O2/c1-15(2,11-18-9-4-5-10-18)16-14(20)13(19)12-7-6-8-17(12)3/h6-8H,4-5,9-11H2,1-3H3,(H,16,20). The quantitative estimate of drug-likeness (QED) is 0.650. The molecule has 1 aromatic heterocycles. The SMILES string of the molecule is Cn1cccc1C(=O)C(=O)NC(C)(C)CN1CCCC1. The van der Waals surface area contributed by atoms with Gasteiger partial charge in [0, 0.05) is 25.3 Å². The number of nitrogens with zero attached hydrogens (tertiary/aromatic N) is 2. The summed E-state index contributed by atoms with van der Waals surface area (Å²) in [4.78, 5) is 26.5. The fraction of sp³-hybridized carbons (Fsp3) is 0.600. The molecule has 1 N–H and O–H groups in total. The third-order valence-corrected chi connectivity index (χ3v) is 3.65. The third-order valence-electron chi connectivity index (χ3n) is 3.65. The van der Waals surface area contributed by atoms with Crippen molar-refractivity contribution in [1.82, 2.24) is 14.8 Å². The van der Waals surface area contributed by atoms with E-state index in [0.717, 1.165) is 19.6 Å². The summed E-state index contributed by atoms with van der Waals surface area (Å²) in [5, 5.41) is 2.85. The number of aryl methyl sites for hydroxylation is 1. The molecule has 0 spiro atoms. The maximum absolute atomic E-state index is 12.1. The molecule has 0 atom stereocenters. The lowest BCUT2D eigenvalue weighted by atomic mass is 10.0. The van der Waals surface area contributed by atoms with Crippen LogP contribution >= 0.6 is 0 Å². The molecule has 0 aliphatic carbocycles. The Hall–Kier alpha value is -1.62. The molecular formula is C15H23N3O2. The van der Waals surface area contributed by atoms with Crippen molar-refractivity contribution in [1.29, 1.82) is 0 Å². The van der Waals surface area contributed by atoms with E-state index >= 15 is 0 Å². The molecule has 0 unspecified atom stereocenters. The molecule has 0 saturated carbocycles. The monoisotopic (exact) mass is 277 g/mol. The van der Waals surface area contributed by atoms with Gasteiger partial charge in [-0.3, -0.25) is 9.59 Å². The van der Waals surface area contributed by atoms with Crippen LogP contribution in [0.25, 0.3) is 0 Å². The molecule has 1 aromatic rings. The number of ketones is 1. The number of amides is 1. The molecule has 5 heteroatoms.